The van der Waals surface area contributed by atoms with Gasteiger partial charge in [-0.2, -0.15) is 17.8 Å². The van der Waals surface area contributed by atoms with Crippen molar-refractivity contribution in [2.45, 2.75) is 51.7 Å². The summed E-state index contributed by atoms with van der Waals surface area (Å²) in [7, 11) is -3.97. The zero-order valence-electron chi connectivity index (χ0n) is 22.5. The average Bonchev–Trinajstić information content (AvgIpc) is 3.39. The number of amidine groups is 1. The molecule has 1 N–H and O–H groups in total. The summed E-state index contributed by atoms with van der Waals surface area (Å²) in [6, 6.07) is 2.75. The fourth-order valence-electron chi connectivity index (χ4n) is 6.32. The molecule has 5 aliphatic heterocycles. The summed E-state index contributed by atoms with van der Waals surface area (Å²) in [5.41, 5.74) is 0.494. The molecule has 2 fully saturated rings. The smallest absolute Gasteiger partial charge is 0.305 e. The Hall–Kier alpha value is -3.39. The van der Waals surface area contributed by atoms with E-state index >= 15 is 0 Å². The van der Waals surface area contributed by atoms with Crippen LogP contribution in [0.4, 0.5) is 4.39 Å². The molecular formula is C26H33FN6O6S. The fourth-order valence-corrected chi connectivity index (χ4v) is 7.96. The van der Waals surface area contributed by atoms with Gasteiger partial charge in [0.15, 0.2) is 5.84 Å². The Labute approximate surface area is 232 Å². The molecule has 4 bridgehead atoms. The number of carbonyl (C=O) groups excluding carboxylic acids is 2. The molecule has 5 aliphatic rings. The molecule has 40 heavy (non-hydrogen) atoms. The summed E-state index contributed by atoms with van der Waals surface area (Å²) in [6.45, 7) is 5.37. The van der Waals surface area contributed by atoms with Crippen LogP contribution in [0.3, 0.4) is 0 Å². The van der Waals surface area contributed by atoms with Gasteiger partial charge >= 0.3 is 10.2 Å². The van der Waals surface area contributed by atoms with Crippen LogP contribution in [-0.2, 0) is 26.3 Å². The topological polar surface area (TPSA) is 126 Å². The van der Waals surface area contributed by atoms with Gasteiger partial charge in [0.2, 0.25) is 0 Å². The number of aliphatic hydroxyl groups excluding tert-OH is 1. The van der Waals surface area contributed by atoms with Crippen molar-refractivity contribution in [1.29, 1.82) is 0 Å². The standard InChI is InChI=1S/C26H33FN6O6S/c1-3-29-14-16(2)33-21-20(23(34)22(33)26(29)36)25(35)31-15-17-7-8-18(27)13-19(17)39-12-6-4-5-9-30-10-11-32(24(21)28-31)40(30,37)38/h7-8,13,16,20-21,34H,3-6,9-12,14-15H2,1-2H3/t16-,20?,21?/m0/s1. The van der Waals surface area contributed by atoms with Crippen LogP contribution >= 0.6 is 0 Å². The number of ether oxygens (including phenoxy) is 1. The third-order valence-corrected chi connectivity index (χ3v) is 10.3. The van der Waals surface area contributed by atoms with E-state index in [0.717, 1.165) is 11.4 Å². The van der Waals surface area contributed by atoms with Gasteiger partial charge < -0.3 is 19.6 Å². The minimum absolute atomic E-state index is 0.00663. The van der Waals surface area contributed by atoms with Gasteiger partial charge in [0, 0.05) is 43.9 Å². The summed E-state index contributed by atoms with van der Waals surface area (Å²) in [4.78, 5) is 30.6. The number of hydrogen-bond acceptors (Lipinski definition) is 8. The number of fused-ring (bicyclic) bond motifs is 9. The lowest BCUT2D eigenvalue weighted by molar-refractivity contribution is -0.139. The van der Waals surface area contributed by atoms with Crippen molar-refractivity contribution in [3.05, 3.63) is 41.0 Å². The van der Waals surface area contributed by atoms with E-state index in [0.29, 0.717) is 44.6 Å². The number of hydrogen-bond donors (Lipinski definition) is 1. The van der Waals surface area contributed by atoms with E-state index in [1.165, 1.54) is 26.8 Å². The average molecular weight is 577 g/mol. The number of aliphatic hydroxyl groups is 1. The van der Waals surface area contributed by atoms with Gasteiger partial charge in [0.1, 0.15) is 35.0 Å². The van der Waals surface area contributed by atoms with E-state index in [1.807, 2.05) is 13.8 Å². The number of halogens is 1. The molecule has 216 valence electrons. The zero-order valence-corrected chi connectivity index (χ0v) is 23.3. The molecule has 5 heterocycles. The highest BCUT2D eigenvalue weighted by Crippen LogP contribution is 2.43. The fraction of sp³-hybridized carbons (Fsp3) is 0.577. The molecule has 2 amide bonds. The van der Waals surface area contributed by atoms with Crippen molar-refractivity contribution in [2.24, 2.45) is 11.0 Å². The molecule has 0 radical (unpaired) electrons. The first-order valence-corrected chi connectivity index (χ1v) is 15.1. The predicted octanol–water partition coefficient (Wildman–Crippen LogP) is 1.23. The molecule has 0 aromatic heterocycles. The highest BCUT2D eigenvalue weighted by Gasteiger charge is 2.59. The summed E-state index contributed by atoms with van der Waals surface area (Å²) < 4.78 is 50.1. The van der Waals surface area contributed by atoms with Crippen LogP contribution < -0.4 is 4.74 Å². The zero-order chi connectivity index (χ0) is 28.3. The van der Waals surface area contributed by atoms with Crippen molar-refractivity contribution in [1.82, 2.24) is 23.4 Å². The monoisotopic (exact) mass is 576 g/mol. The van der Waals surface area contributed by atoms with Crippen molar-refractivity contribution in [3.8, 4) is 5.75 Å². The second-order valence-corrected chi connectivity index (χ2v) is 12.6. The molecule has 6 rings (SSSR count). The van der Waals surface area contributed by atoms with Crippen molar-refractivity contribution in [2.75, 3.05) is 39.3 Å². The Kier molecular flexibility index (Phi) is 6.64. The molecule has 4 atom stereocenters. The third-order valence-electron chi connectivity index (χ3n) is 8.32. The van der Waals surface area contributed by atoms with Crippen LogP contribution in [0, 0.1) is 11.7 Å². The van der Waals surface area contributed by atoms with Gasteiger partial charge in [-0.25, -0.2) is 13.7 Å². The van der Waals surface area contributed by atoms with E-state index in [9.17, 15) is 27.5 Å². The van der Waals surface area contributed by atoms with Crippen LogP contribution in [0.2, 0.25) is 0 Å². The maximum absolute atomic E-state index is 14.1. The molecular weight excluding hydrogens is 543 g/mol. The summed E-state index contributed by atoms with van der Waals surface area (Å²) in [6.07, 6.45) is 1.99. The van der Waals surface area contributed by atoms with E-state index in [2.05, 4.69) is 5.10 Å². The van der Waals surface area contributed by atoms with Crippen LogP contribution in [0.5, 0.6) is 5.75 Å². The van der Waals surface area contributed by atoms with Gasteiger partial charge in [-0.15, -0.1) is 0 Å². The first-order valence-electron chi connectivity index (χ1n) is 13.7. The Bertz CT molecular complexity index is 1420. The van der Waals surface area contributed by atoms with E-state index in [4.69, 9.17) is 4.74 Å². The number of piperazine rings is 1. The second-order valence-electron chi connectivity index (χ2n) is 10.8. The number of benzene rings is 1. The largest absolute Gasteiger partial charge is 0.509 e. The Morgan fingerprint density at radius 2 is 1.95 bits per heavy atom. The van der Waals surface area contributed by atoms with E-state index in [1.54, 1.807) is 9.80 Å². The molecule has 1 aromatic rings. The van der Waals surface area contributed by atoms with Crippen molar-refractivity contribution < 1.29 is 32.2 Å². The van der Waals surface area contributed by atoms with Gasteiger partial charge in [0.25, 0.3) is 11.8 Å². The Morgan fingerprint density at radius 3 is 2.73 bits per heavy atom. The summed E-state index contributed by atoms with van der Waals surface area (Å²) in [5.74, 6) is -2.74. The highest BCUT2D eigenvalue weighted by molar-refractivity contribution is 7.87. The van der Waals surface area contributed by atoms with Gasteiger partial charge in [-0.1, -0.05) is 6.07 Å². The lowest BCUT2D eigenvalue weighted by atomic mass is 9.95. The molecule has 14 heteroatoms. The van der Waals surface area contributed by atoms with Crippen molar-refractivity contribution >= 4 is 27.9 Å². The number of hydrazone groups is 1. The summed E-state index contributed by atoms with van der Waals surface area (Å²) in [5, 5.41) is 17.1. The lowest BCUT2D eigenvalue weighted by Gasteiger charge is -2.45. The highest BCUT2D eigenvalue weighted by atomic mass is 32.2. The third kappa shape index (κ3) is 4.10. The van der Waals surface area contributed by atoms with Crippen LogP contribution in [0.25, 0.3) is 0 Å². The first kappa shape index (κ1) is 26.8. The van der Waals surface area contributed by atoms with Crippen LogP contribution in [0.1, 0.15) is 38.7 Å². The quantitative estimate of drug-likeness (QED) is 0.533. The first-order chi connectivity index (χ1) is 19.1. The maximum atomic E-state index is 14.1. The molecule has 1 aromatic carbocycles. The number of rotatable bonds is 1. The second kappa shape index (κ2) is 9.91. The molecule has 0 spiro atoms. The predicted molar refractivity (Wildman–Crippen MR) is 141 cm³/mol. The van der Waals surface area contributed by atoms with Gasteiger partial charge in [-0.3, -0.25) is 9.59 Å². The normalized spacial score (nSPS) is 30.2. The number of carbonyl (C=O) groups is 2. The van der Waals surface area contributed by atoms with Crippen LogP contribution in [-0.4, -0.2) is 106 Å². The minimum atomic E-state index is -3.97. The Balaban J connectivity index is 1.50. The number of likely N-dealkylation sites (N-methyl/N-ethyl adjacent to an activating group) is 1. The lowest BCUT2D eigenvalue weighted by Crippen LogP contribution is -2.62. The maximum Gasteiger partial charge on any atom is 0.305 e. The number of nitrogens with zero attached hydrogens (tertiary/aromatic N) is 6. The van der Waals surface area contributed by atoms with E-state index < -0.39 is 39.8 Å². The Morgan fingerprint density at radius 1 is 1.15 bits per heavy atom. The SMILES string of the molecule is CCN1C[C@H](C)N2C(=C(O)C3C(=O)N4Cc5ccc(F)cc5OCCCCCN5CCN(C(=N4)C32)S5(=O)=O)C1=O. The van der Waals surface area contributed by atoms with E-state index in [-0.39, 0.29) is 48.7 Å². The molecule has 3 unspecified atom stereocenters. The number of amides is 2. The van der Waals surface area contributed by atoms with Gasteiger partial charge in [-0.05, 0) is 39.2 Å². The van der Waals surface area contributed by atoms with Crippen LogP contribution in [0.15, 0.2) is 34.8 Å². The molecule has 0 saturated carbocycles. The van der Waals surface area contributed by atoms with Gasteiger partial charge in [0.05, 0.1) is 19.7 Å². The van der Waals surface area contributed by atoms with Crippen molar-refractivity contribution in [3.63, 3.8) is 0 Å². The molecule has 12 nitrogen and oxygen atoms in total. The summed E-state index contributed by atoms with van der Waals surface area (Å²) >= 11 is 0. The molecule has 0 aliphatic carbocycles. The minimum Gasteiger partial charge on any atom is -0.509 e. The molecule has 2 saturated heterocycles.